The molecule has 1 saturated heterocycles. The predicted octanol–water partition coefficient (Wildman–Crippen LogP) is 2.56. The van der Waals surface area contributed by atoms with Crippen LogP contribution in [0.4, 0.5) is 0 Å². The van der Waals surface area contributed by atoms with Crippen molar-refractivity contribution < 1.29 is 0 Å². The van der Waals surface area contributed by atoms with Crippen molar-refractivity contribution >= 4 is 17.7 Å². The van der Waals surface area contributed by atoms with E-state index in [4.69, 9.17) is 4.99 Å². The lowest BCUT2D eigenvalue weighted by Gasteiger charge is -2.21. The van der Waals surface area contributed by atoms with E-state index in [0.717, 1.165) is 51.6 Å². The van der Waals surface area contributed by atoms with E-state index in [0.29, 0.717) is 4.75 Å². The summed E-state index contributed by atoms with van der Waals surface area (Å²) in [5, 5.41) is 6.82. The van der Waals surface area contributed by atoms with Crippen LogP contribution in [-0.2, 0) is 0 Å². The molecular weight excluding hydrogens is 280 g/mol. The highest BCUT2D eigenvalue weighted by Gasteiger charge is 2.29. The van der Waals surface area contributed by atoms with Gasteiger partial charge in [-0.3, -0.25) is 4.99 Å². The first-order valence-electron chi connectivity index (χ1n) is 8.52. The van der Waals surface area contributed by atoms with Crippen molar-refractivity contribution in [3.05, 3.63) is 0 Å². The van der Waals surface area contributed by atoms with Crippen LogP contribution in [0.2, 0.25) is 0 Å². The zero-order valence-electron chi connectivity index (χ0n) is 14.4. The molecular formula is C16H34N4S. The van der Waals surface area contributed by atoms with Gasteiger partial charge in [-0.2, -0.15) is 11.8 Å². The maximum absolute atomic E-state index is 4.78. The Morgan fingerprint density at radius 3 is 2.57 bits per heavy atom. The molecule has 0 radical (unpaired) electrons. The number of rotatable bonds is 9. The molecule has 0 amide bonds. The Bertz CT molecular complexity index is 297. The smallest absolute Gasteiger partial charge is 0.191 e. The number of guanidine groups is 1. The number of thioether (sulfide) groups is 1. The molecule has 1 atom stereocenters. The molecule has 124 valence electrons. The van der Waals surface area contributed by atoms with Crippen molar-refractivity contribution in [1.82, 2.24) is 15.5 Å². The maximum atomic E-state index is 4.78. The topological polar surface area (TPSA) is 39.7 Å². The van der Waals surface area contributed by atoms with E-state index in [1.807, 2.05) is 0 Å². The molecule has 0 aliphatic carbocycles. The minimum atomic E-state index is 0.351. The Morgan fingerprint density at radius 2 is 2.00 bits per heavy atom. The molecule has 0 saturated carbocycles. The molecule has 0 spiro atoms. The quantitative estimate of drug-likeness (QED) is 0.390. The average Bonchev–Trinajstić information content (AvgIpc) is 2.92. The molecule has 2 N–H and O–H groups in total. The fraction of sp³-hybridized carbons (Fsp3) is 0.938. The van der Waals surface area contributed by atoms with Crippen LogP contribution in [-0.4, -0.2) is 60.6 Å². The Kier molecular flexibility index (Phi) is 9.16. The van der Waals surface area contributed by atoms with Crippen LogP contribution in [0, 0.1) is 0 Å². The standard InChI is InChI=1S/C16H34N4S/c1-5-17-15(18-11-9-12-20(6-2)7-3)19-14-16(4)10-8-13-21-16/h5-14H2,1-4H3,(H2,17,18,19). The molecule has 0 aromatic rings. The lowest BCUT2D eigenvalue weighted by Crippen LogP contribution is -2.39. The molecule has 0 aromatic heterocycles. The second-order valence-corrected chi connectivity index (χ2v) is 7.59. The fourth-order valence-electron chi connectivity index (χ4n) is 2.60. The normalized spacial score (nSPS) is 22.8. The van der Waals surface area contributed by atoms with E-state index >= 15 is 0 Å². The van der Waals surface area contributed by atoms with Gasteiger partial charge in [0.2, 0.25) is 0 Å². The van der Waals surface area contributed by atoms with E-state index in [2.05, 4.69) is 55.0 Å². The van der Waals surface area contributed by atoms with Crippen LogP contribution in [0.3, 0.4) is 0 Å². The van der Waals surface area contributed by atoms with Gasteiger partial charge in [0.1, 0.15) is 0 Å². The van der Waals surface area contributed by atoms with E-state index in [1.54, 1.807) is 0 Å². The maximum Gasteiger partial charge on any atom is 0.191 e. The van der Waals surface area contributed by atoms with Gasteiger partial charge in [0.15, 0.2) is 5.96 Å². The van der Waals surface area contributed by atoms with Gasteiger partial charge in [-0.25, -0.2) is 0 Å². The molecule has 21 heavy (non-hydrogen) atoms. The summed E-state index contributed by atoms with van der Waals surface area (Å²) < 4.78 is 0.351. The number of nitrogens with one attached hydrogen (secondary N) is 2. The Hall–Kier alpha value is -0.420. The summed E-state index contributed by atoms with van der Waals surface area (Å²) in [6.07, 6.45) is 3.80. The highest BCUT2D eigenvalue weighted by atomic mass is 32.2. The monoisotopic (exact) mass is 314 g/mol. The van der Waals surface area contributed by atoms with Crippen LogP contribution < -0.4 is 10.6 Å². The molecule has 1 heterocycles. The van der Waals surface area contributed by atoms with Crippen molar-refractivity contribution in [3.63, 3.8) is 0 Å². The van der Waals surface area contributed by atoms with E-state index < -0.39 is 0 Å². The molecule has 4 nitrogen and oxygen atoms in total. The second-order valence-electron chi connectivity index (χ2n) is 5.90. The first-order valence-corrected chi connectivity index (χ1v) is 9.50. The van der Waals surface area contributed by atoms with E-state index in [-0.39, 0.29) is 0 Å². The minimum absolute atomic E-state index is 0.351. The Labute approximate surface area is 135 Å². The molecule has 1 fully saturated rings. The SMILES string of the molecule is CCNC(=NCC1(C)CCCS1)NCCCN(CC)CC. The van der Waals surface area contributed by atoms with Crippen LogP contribution in [0.25, 0.3) is 0 Å². The van der Waals surface area contributed by atoms with Crippen LogP contribution in [0.5, 0.6) is 0 Å². The van der Waals surface area contributed by atoms with Gasteiger partial charge in [0.25, 0.3) is 0 Å². The van der Waals surface area contributed by atoms with Gasteiger partial charge < -0.3 is 15.5 Å². The van der Waals surface area contributed by atoms with Gasteiger partial charge in [-0.15, -0.1) is 0 Å². The van der Waals surface area contributed by atoms with Crippen molar-refractivity contribution in [2.45, 2.75) is 51.7 Å². The molecule has 0 aromatic carbocycles. The summed E-state index contributed by atoms with van der Waals surface area (Å²) >= 11 is 2.07. The van der Waals surface area contributed by atoms with Crippen LogP contribution in [0.15, 0.2) is 4.99 Å². The van der Waals surface area contributed by atoms with Crippen molar-refractivity contribution in [2.24, 2.45) is 4.99 Å². The molecule has 1 rings (SSSR count). The van der Waals surface area contributed by atoms with Gasteiger partial charge in [0.05, 0.1) is 6.54 Å². The third-order valence-corrected chi connectivity index (χ3v) is 5.58. The van der Waals surface area contributed by atoms with Gasteiger partial charge >= 0.3 is 0 Å². The second kappa shape index (κ2) is 10.3. The number of hydrogen-bond acceptors (Lipinski definition) is 3. The molecule has 1 aliphatic rings. The number of nitrogens with zero attached hydrogens (tertiary/aromatic N) is 2. The Morgan fingerprint density at radius 1 is 1.24 bits per heavy atom. The summed E-state index contributed by atoms with van der Waals surface area (Å²) in [7, 11) is 0. The highest BCUT2D eigenvalue weighted by molar-refractivity contribution is 8.00. The Balaban J connectivity index is 2.31. The summed E-state index contributed by atoms with van der Waals surface area (Å²) in [5.74, 6) is 2.27. The first-order chi connectivity index (χ1) is 10.1. The fourth-order valence-corrected chi connectivity index (χ4v) is 3.82. The summed E-state index contributed by atoms with van der Waals surface area (Å²) in [4.78, 5) is 7.24. The molecule has 1 unspecified atom stereocenters. The number of hydrogen-bond donors (Lipinski definition) is 2. The zero-order chi connectivity index (χ0) is 15.6. The third-order valence-electron chi connectivity index (χ3n) is 4.05. The van der Waals surface area contributed by atoms with Crippen molar-refractivity contribution in [1.29, 1.82) is 0 Å². The molecule has 1 aliphatic heterocycles. The lowest BCUT2D eigenvalue weighted by atomic mass is 10.1. The highest BCUT2D eigenvalue weighted by Crippen LogP contribution is 2.37. The van der Waals surface area contributed by atoms with E-state index in [1.165, 1.54) is 18.6 Å². The largest absolute Gasteiger partial charge is 0.357 e. The summed E-state index contributed by atoms with van der Waals surface area (Å²) in [6.45, 7) is 15.2. The van der Waals surface area contributed by atoms with Crippen molar-refractivity contribution in [2.75, 3.05) is 45.0 Å². The van der Waals surface area contributed by atoms with Gasteiger partial charge in [-0.05, 0) is 58.5 Å². The van der Waals surface area contributed by atoms with Crippen molar-refractivity contribution in [3.8, 4) is 0 Å². The number of aliphatic imine (C=N–C) groups is 1. The summed E-state index contributed by atoms with van der Waals surface area (Å²) in [6, 6.07) is 0. The van der Waals surface area contributed by atoms with E-state index in [9.17, 15) is 0 Å². The van der Waals surface area contributed by atoms with Gasteiger partial charge in [0, 0.05) is 17.8 Å². The molecule has 5 heteroatoms. The first kappa shape index (κ1) is 18.6. The average molecular weight is 315 g/mol. The predicted molar refractivity (Wildman–Crippen MR) is 96.5 cm³/mol. The third kappa shape index (κ3) is 7.41. The van der Waals surface area contributed by atoms with Crippen LogP contribution >= 0.6 is 11.8 Å². The lowest BCUT2D eigenvalue weighted by molar-refractivity contribution is 0.300. The zero-order valence-corrected chi connectivity index (χ0v) is 15.2. The minimum Gasteiger partial charge on any atom is -0.357 e. The van der Waals surface area contributed by atoms with Gasteiger partial charge in [-0.1, -0.05) is 13.8 Å². The van der Waals surface area contributed by atoms with Crippen LogP contribution in [0.1, 0.15) is 47.0 Å². The molecule has 0 bridgehead atoms. The summed E-state index contributed by atoms with van der Waals surface area (Å²) in [5.41, 5.74) is 0.